The highest BCUT2D eigenvalue weighted by Gasteiger charge is 2.53. The second kappa shape index (κ2) is 7.06. The molecule has 7 heteroatoms. The van der Waals surface area contributed by atoms with Gasteiger partial charge in [0.25, 0.3) is 5.91 Å². The summed E-state index contributed by atoms with van der Waals surface area (Å²) in [4.78, 5) is 37.1. The molecule has 1 unspecified atom stereocenters. The SMILES string of the molecule is CC(NC(=O)COC(=O)CN1CSCC1=O)C12CC3CC(CC(C3)C1)C2. The van der Waals surface area contributed by atoms with Gasteiger partial charge in [-0.05, 0) is 68.6 Å². The van der Waals surface area contributed by atoms with Crippen molar-refractivity contribution in [3.8, 4) is 0 Å². The molecule has 5 fully saturated rings. The lowest BCUT2D eigenvalue weighted by Crippen LogP contribution is -2.56. The van der Waals surface area contributed by atoms with Crippen LogP contribution in [0.4, 0.5) is 0 Å². The van der Waals surface area contributed by atoms with E-state index in [1.165, 1.54) is 55.2 Å². The molecule has 1 N–H and O–H groups in total. The van der Waals surface area contributed by atoms with Crippen molar-refractivity contribution in [1.29, 1.82) is 0 Å². The van der Waals surface area contributed by atoms with Crippen LogP contribution in [0.15, 0.2) is 0 Å². The highest BCUT2D eigenvalue weighted by Crippen LogP contribution is 2.61. The van der Waals surface area contributed by atoms with Crippen molar-refractivity contribution in [2.24, 2.45) is 23.2 Å². The Kier molecular flexibility index (Phi) is 4.92. The van der Waals surface area contributed by atoms with Crippen LogP contribution in [0.5, 0.6) is 0 Å². The molecule has 6 nitrogen and oxygen atoms in total. The summed E-state index contributed by atoms with van der Waals surface area (Å²) in [6, 6.07) is 0.124. The molecule has 0 aromatic carbocycles. The minimum atomic E-state index is -0.515. The molecular formula is C19H28N2O4S. The van der Waals surface area contributed by atoms with Crippen molar-refractivity contribution < 1.29 is 19.1 Å². The molecule has 2 amide bonds. The fourth-order valence-corrected chi connectivity index (χ4v) is 6.94. The average Bonchev–Trinajstić information content (AvgIpc) is 2.96. The minimum Gasteiger partial charge on any atom is -0.454 e. The first kappa shape index (κ1) is 18.1. The van der Waals surface area contributed by atoms with Crippen LogP contribution in [0.25, 0.3) is 0 Å². The molecule has 1 saturated heterocycles. The molecule has 4 bridgehead atoms. The van der Waals surface area contributed by atoms with Gasteiger partial charge in [-0.25, -0.2) is 0 Å². The average molecular weight is 381 g/mol. The zero-order chi connectivity index (χ0) is 18.3. The molecule has 1 atom stereocenters. The molecule has 0 radical (unpaired) electrons. The van der Waals surface area contributed by atoms with Crippen LogP contribution in [-0.4, -0.2) is 53.5 Å². The molecule has 0 spiro atoms. The molecule has 5 aliphatic rings. The number of nitrogens with zero attached hydrogens (tertiary/aromatic N) is 1. The van der Waals surface area contributed by atoms with Crippen LogP contribution in [0, 0.1) is 23.2 Å². The van der Waals surface area contributed by atoms with Gasteiger partial charge >= 0.3 is 5.97 Å². The summed E-state index contributed by atoms with van der Waals surface area (Å²) >= 11 is 1.48. The standard InChI is InChI=1S/C19H28N2O4S/c1-12(19-5-13-2-14(6-19)4-15(3-13)7-19)20-16(22)9-25-18(24)8-21-11-26-10-17(21)23/h12-15H,2-11H2,1H3,(H,20,22). The maximum absolute atomic E-state index is 12.3. The van der Waals surface area contributed by atoms with Crippen molar-refractivity contribution in [3.63, 3.8) is 0 Å². The van der Waals surface area contributed by atoms with Gasteiger partial charge in [0.15, 0.2) is 6.61 Å². The Morgan fingerprint density at radius 1 is 1.23 bits per heavy atom. The van der Waals surface area contributed by atoms with Crippen LogP contribution in [0.2, 0.25) is 0 Å². The van der Waals surface area contributed by atoms with Crippen molar-refractivity contribution in [2.75, 3.05) is 24.8 Å². The van der Waals surface area contributed by atoms with Crippen LogP contribution < -0.4 is 5.32 Å². The summed E-state index contributed by atoms with van der Waals surface area (Å²) in [6.45, 7) is 1.79. The van der Waals surface area contributed by atoms with Crippen molar-refractivity contribution in [2.45, 2.75) is 51.5 Å². The van der Waals surface area contributed by atoms with Gasteiger partial charge in [-0.2, -0.15) is 0 Å². The lowest BCUT2D eigenvalue weighted by molar-refractivity contribution is -0.152. The van der Waals surface area contributed by atoms with Gasteiger partial charge < -0.3 is 15.0 Å². The number of hydrogen-bond donors (Lipinski definition) is 1. The highest BCUT2D eigenvalue weighted by molar-refractivity contribution is 8.00. The lowest BCUT2D eigenvalue weighted by atomic mass is 9.48. The molecule has 5 rings (SSSR count). The van der Waals surface area contributed by atoms with E-state index in [0.29, 0.717) is 11.6 Å². The maximum Gasteiger partial charge on any atom is 0.326 e. The van der Waals surface area contributed by atoms with Crippen molar-refractivity contribution >= 4 is 29.5 Å². The number of rotatable bonds is 6. The van der Waals surface area contributed by atoms with Gasteiger partial charge in [0.1, 0.15) is 6.54 Å². The zero-order valence-corrected chi connectivity index (χ0v) is 16.2. The quantitative estimate of drug-likeness (QED) is 0.711. The third-order valence-electron chi connectivity index (χ3n) is 6.89. The van der Waals surface area contributed by atoms with Gasteiger partial charge in [-0.15, -0.1) is 11.8 Å². The number of ether oxygens (including phenoxy) is 1. The molecular weight excluding hydrogens is 352 g/mol. The summed E-state index contributed by atoms with van der Waals surface area (Å²) in [6.07, 6.45) is 7.83. The van der Waals surface area contributed by atoms with E-state index in [4.69, 9.17) is 4.74 Å². The number of thioether (sulfide) groups is 1. The smallest absolute Gasteiger partial charge is 0.326 e. The van der Waals surface area contributed by atoms with E-state index in [1.807, 2.05) is 0 Å². The van der Waals surface area contributed by atoms with Gasteiger partial charge in [-0.1, -0.05) is 0 Å². The van der Waals surface area contributed by atoms with Gasteiger partial charge in [0, 0.05) is 6.04 Å². The molecule has 0 aromatic rings. The maximum atomic E-state index is 12.3. The number of nitrogens with one attached hydrogen (secondary N) is 1. The van der Waals surface area contributed by atoms with Crippen molar-refractivity contribution in [1.82, 2.24) is 10.2 Å². The molecule has 144 valence electrons. The second-order valence-corrected chi connectivity index (χ2v) is 9.75. The number of amides is 2. The largest absolute Gasteiger partial charge is 0.454 e. The van der Waals surface area contributed by atoms with E-state index >= 15 is 0 Å². The summed E-state index contributed by atoms with van der Waals surface area (Å²) in [5.41, 5.74) is 0.244. The van der Waals surface area contributed by atoms with E-state index in [-0.39, 0.29) is 36.4 Å². The minimum absolute atomic E-state index is 0.0492. The molecule has 4 saturated carbocycles. The van der Waals surface area contributed by atoms with E-state index in [2.05, 4.69) is 12.2 Å². The molecule has 1 heterocycles. The van der Waals surface area contributed by atoms with Gasteiger partial charge in [0.05, 0.1) is 11.6 Å². The predicted molar refractivity (Wildman–Crippen MR) is 98.2 cm³/mol. The van der Waals surface area contributed by atoms with E-state index in [9.17, 15) is 14.4 Å². The molecule has 4 aliphatic carbocycles. The fraction of sp³-hybridized carbons (Fsp3) is 0.842. The Morgan fingerprint density at radius 3 is 2.38 bits per heavy atom. The van der Waals surface area contributed by atoms with Crippen LogP contribution in [0.3, 0.4) is 0 Å². The highest BCUT2D eigenvalue weighted by atomic mass is 32.2. The van der Waals surface area contributed by atoms with Gasteiger partial charge in [0.2, 0.25) is 5.91 Å². The third-order valence-corrected chi connectivity index (χ3v) is 7.84. The van der Waals surface area contributed by atoms with Gasteiger partial charge in [-0.3, -0.25) is 14.4 Å². The fourth-order valence-electron chi connectivity index (χ4n) is 6.03. The Labute approximate surface area is 158 Å². The monoisotopic (exact) mass is 380 g/mol. The second-order valence-electron chi connectivity index (χ2n) is 8.80. The van der Waals surface area contributed by atoms with Crippen LogP contribution in [0.1, 0.15) is 45.4 Å². The Balaban J connectivity index is 1.24. The Hall–Kier alpha value is -1.24. The van der Waals surface area contributed by atoms with Crippen LogP contribution in [-0.2, 0) is 19.1 Å². The van der Waals surface area contributed by atoms with E-state index < -0.39 is 5.97 Å². The zero-order valence-electron chi connectivity index (χ0n) is 15.4. The number of carbonyl (C=O) groups is 3. The summed E-state index contributed by atoms with van der Waals surface area (Å²) in [5.74, 6) is 2.66. The number of hydrogen-bond acceptors (Lipinski definition) is 5. The van der Waals surface area contributed by atoms with Crippen LogP contribution >= 0.6 is 11.8 Å². The van der Waals surface area contributed by atoms with E-state index in [1.54, 1.807) is 0 Å². The first-order valence-electron chi connectivity index (χ1n) is 9.74. The normalized spacial score (nSPS) is 36.3. The number of carbonyl (C=O) groups excluding carboxylic acids is 3. The topological polar surface area (TPSA) is 75.7 Å². The molecule has 0 aromatic heterocycles. The first-order valence-corrected chi connectivity index (χ1v) is 10.9. The Bertz CT molecular complexity index is 573. The molecule has 1 aliphatic heterocycles. The van der Waals surface area contributed by atoms with Crippen molar-refractivity contribution in [3.05, 3.63) is 0 Å². The molecule has 26 heavy (non-hydrogen) atoms. The Morgan fingerprint density at radius 2 is 1.85 bits per heavy atom. The van der Waals surface area contributed by atoms with E-state index in [0.717, 1.165) is 17.8 Å². The predicted octanol–water partition coefficient (Wildman–Crippen LogP) is 1.78. The summed E-state index contributed by atoms with van der Waals surface area (Å²) < 4.78 is 5.08. The first-order chi connectivity index (χ1) is 12.4. The lowest BCUT2D eigenvalue weighted by Gasteiger charge is -2.59. The summed E-state index contributed by atoms with van der Waals surface area (Å²) in [7, 11) is 0. The number of esters is 1. The summed E-state index contributed by atoms with van der Waals surface area (Å²) in [5, 5.41) is 3.09. The third kappa shape index (κ3) is 3.59.